The van der Waals surface area contributed by atoms with Crippen LogP contribution in [0.15, 0.2) is 48.6 Å². The Morgan fingerprint density at radius 2 is 0.923 bits per heavy atom. The molecule has 0 nitrogen and oxygen atoms in total. The van der Waals surface area contributed by atoms with Crippen molar-refractivity contribution in [2.45, 2.75) is 9.26 Å². The zero-order valence-corrected chi connectivity index (χ0v) is 10.1. The average Bonchev–Trinajstić information content (AvgIpc) is 2.60. The maximum atomic E-state index is 2.31. The minimum atomic E-state index is 0. The van der Waals surface area contributed by atoms with Crippen LogP contribution in [-0.2, 0) is 16.3 Å². The number of halogens is 2. The molecule has 13 heavy (non-hydrogen) atoms. The third-order valence-corrected chi connectivity index (χ3v) is 3.95. The normalized spacial score (nSPS) is 18.8. The largest absolute Gasteiger partial charge is 0.147 e. The van der Waals surface area contributed by atoms with Gasteiger partial charge in [-0.25, -0.2) is 0 Å². The summed E-state index contributed by atoms with van der Waals surface area (Å²) in [5.41, 5.74) is 0. The van der Waals surface area contributed by atoms with Crippen LogP contribution in [0, 0.1) is 0 Å². The topological polar surface area (TPSA) is 0 Å². The average molecular weight is 254 g/mol. The first kappa shape index (κ1) is 13.1. The summed E-state index contributed by atoms with van der Waals surface area (Å²) in [6, 6.07) is 0. The van der Waals surface area contributed by atoms with Crippen LogP contribution in [0.2, 0.25) is 9.26 Å². The predicted molar refractivity (Wildman–Crippen MR) is 58.6 cm³/mol. The number of rotatable bonds is 2. The van der Waals surface area contributed by atoms with Gasteiger partial charge in [0.1, 0.15) is 0 Å². The maximum absolute atomic E-state index is 2.31. The van der Waals surface area contributed by atoms with Crippen LogP contribution in [0.25, 0.3) is 0 Å². The minimum Gasteiger partial charge on any atom is -0.147 e. The molecule has 0 radical (unpaired) electrons. The van der Waals surface area contributed by atoms with E-state index in [1.54, 1.807) is 0 Å². The Kier molecular flexibility index (Phi) is 6.62. The molecule has 0 aromatic carbocycles. The standard InChI is InChI=1S/2C5H5.2ClH.V/c2*1-2-4-5-3-1;;;/h2*1-5H;2*1H;. The number of hydrogen-bond acceptors (Lipinski definition) is 0. The Hall–Kier alpha value is 0.124. The molecule has 0 aromatic heterocycles. The van der Waals surface area contributed by atoms with Crippen molar-refractivity contribution in [2.24, 2.45) is 0 Å². The third kappa shape index (κ3) is 3.78. The Bertz CT molecular complexity index is 204. The molecule has 0 aliphatic heterocycles. The van der Waals surface area contributed by atoms with Gasteiger partial charge in [-0.3, -0.25) is 0 Å². The molecule has 2 aliphatic rings. The maximum Gasteiger partial charge on any atom is -0.147 e. The van der Waals surface area contributed by atoms with Crippen LogP contribution in [0.5, 0.6) is 0 Å². The van der Waals surface area contributed by atoms with E-state index in [2.05, 4.69) is 48.6 Å². The molecule has 0 heterocycles. The molecule has 0 bridgehead atoms. The van der Waals surface area contributed by atoms with E-state index >= 15 is 0 Å². The molecule has 0 atom stereocenters. The SMILES string of the molecule is C1=C[CH]([V][CH]2C=CC=C2)C=C1.Cl.Cl. The Morgan fingerprint density at radius 3 is 1.23 bits per heavy atom. The molecular formula is C10H12Cl2V. The molecular weight excluding hydrogens is 242 g/mol. The first-order valence-corrected chi connectivity index (χ1v) is 5.46. The van der Waals surface area contributed by atoms with E-state index in [0.29, 0.717) is 16.3 Å². The van der Waals surface area contributed by atoms with Gasteiger partial charge >= 0.3 is 74.2 Å². The summed E-state index contributed by atoms with van der Waals surface area (Å²) in [6.45, 7) is 0. The summed E-state index contributed by atoms with van der Waals surface area (Å²) in [5.74, 6) is 0. The summed E-state index contributed by atoms with van der Waals surface area (Å²) >= 11 is 0.413. The number of hydrogen-bond donors (Lipinski definition) is 0. The Balaban J connectivity index is 0.000000720. The quantitative estimate of drug-likeness (QED) is 0.704. The van der Waals surface area contributed by atoms with E-state index in [-0.39, 0.29) is 24.8 Å². The summed E-state index contributed by atoms with van der Waals surface area (Å²) in [5, 5.41) is 0. The Labute approximate surface area is 98.7 Å². The van der Waals surface area contributed by atoms with Gasteiger partial charge in [-0.1, -0.05) is 0 Å². The van der Waals surface area contributed by atoms with Gasteiger partial charge in [0.15, 0.2) is 0 Å². The van der Waals surface area contributed by atoms with Crippen LogP contribution in [0.4, 0.5) is 0 Å². The summed E-state index contributed by atoms with van der Waals surface area (Å²) in [4.78, 5) is 0. The summed E-state index contributed by atoms with van der Waals surface area (Å²) < 4.78 is 1.53. The zero-order chi connectivity index (χ0) is 7.52. The molecule has 0 fully saturated rings. The van der Waals surface area contributed by atoms with Gasteiger partial charge in [-0.15, -0.1) is 24.8 Å². The molecule has 3 heteroatoms. The molecule has 2 rings (SSSR count). The van der Waals surface area contributed by atoms with E-state index in [1.807, 2.05) is 0 Å². The van der Waals surface area contributed by atoms with E-state index in [0.717, 1.165) is 9.26 Å². The summed E-state index contributed by atoms with van der Waals surface area (Å²) in [6.07, 6.45) is 17.8. The molecule has 0 amide bonds. The van der Waals surface area contributed by atoms with Gasteiger partial charge < -0.3 is 0 Å². The fourth-order valence-corrected chi connectivity index (χ4v) is 3.10. The molecule has 2 aliphatic carbocycles. The Morgan fingerprint density at radius 1 is 0.615 bits per heavy atom. The van der Waals surface area contributed by atoms with Gasteiger partial charge in [-0.2, -0.15) is 0 Å². The van der Waals surface area contributed by atoms with Crippen LogP contribution in [-0.4, -0.2) is 0 Å². The van der Waals surface area contributed by atoms with Crippen LogP contribution in [0.3, 0.4) is 0 Å². The second-order valence-electron chi connectivity index (χ2n) is 2.67. The molecule has 0 aromatic rings. The van der Waals surface area contributed by atoms with Gasteiger partial charge in [0, 0.05) is 0 Å². The first-order chi connectivity index (χ1) is 5.45. The third-order valence-electron chi connectivity index (χ3n) is 1.80. The van der Waals surface area contributed by atoms with Crippen molar-refractivity contribution in [2.75, 3.05) is 0 Å². The van der Waals surface area contributed by atoms with Crippen molar-refractivity contribution in [3.63, 3.8) is 0 Å². The van der Waals surface area contributed by atoms with Gasteiger partial charge in [0.2, 0.25) is 0 Å². The number of allylic oxidation sites excluding steroid dienone is 8. The van der Waals surface area contributed by atoms with Crippen LogP contribution >= 0.6 is 24.8 Å². The van der Waals surface area contributed by atoms with Crippen LogP contribution < -0.4 is 0 Å². The molecule has 0 spiro atoms. The molecule has 0 unspecified atom stereocenters. The minimum absolute atomic E-state index is 0. The van der Waals surface area contributed by atoms with Crippen molar-refractivity contribution >= 4 is 24.8 Å². The van der Waals surface area contributed by atoms with E-state index < -0.39 is 0 Å². The van der Waals surface area contributed by atoms with Crippen LogP contribution in [0.1, 0.15) is 0 Å². The fraction of sp³-hybridized carbons (Fsp3) is 0.200. The second kappa shape index (κ2) is 6.56. The molecule has 0 saturated heterocycles. The van der Waals surface area contributed by atoms with Crippen molar-refractivity contribution in [3.05, 3.63) is 48.6 Å². The van der Waals surface area contributed by atoms with Crippen molar-refractivity contribution in [1.29, 1.82) is 0 Å². The van der Waals surface area contributed by atoms with Gasteiger partial charge in [0.25, 0.3) is 0 Å². The smallest absolute Gasteiger partial charge is 0.147 e. The molecule has 0 N–H and O–H groups in total. The second-order valence-corrected chi connectivity index (χ2v) is 5.00. The van der Waals surface area contributed by atoms with Gasteiger partial charge in [0.05, 0.1) is 0 Å². The van der Waals surface area contributed by atoms with Crippen molar-refractivity contribution < 1.29 is 16.3 Å². The van der Waals surface area contributed by atoms with E-state index in [1.165, 1.54) is 0 Å². The van der Waals surface area contributed by atoms with E-state index in [9.17, 15) is 0 Å². The van der Waals surface area contributed by atoms with Gasteiger partial charge in [-0.05, 0) is 0 Å². The summed E-state index contributed by atoms with van der Waals surface area (Å²) in [7, 11) is 0. The molecule has 0 saturated carbocycles. The van der Waals surface area contributed by atoms with Crippen molar-refractivity contribution in [1.82, 2.24) is 0 Å². The van der Waals surface area contributed by atoms with E-state index in [4.69, 9.17) is 0 Å². The predicted octanol–water partition coefficient (Wildman–Crippen LogP) is 3.74. The zero-order valence-electron chi connectivity index (χ0n) is 7.04. The first-order valence-electron chi connectivity index (χ1n) is 3.85. The fourth-order valence-electron chi connectivity index (χ4n) is 1.24. The monoisotopic (exact) mass is 253 g/mol. The van der Waals surface area contributed by atoms with Crippen molar-refractivity contribution in [3.8, 4) is 0 Å². The molecule has 71 valence electrons.